The molecule has 0 spiro atoms. The van der Waals surface area contributed by atoms with Gasteiger partial charge in [-0.25, -0.2) is 0 Å². The van der Waals surface area contributed by atoms with Gasteiger partial charge in [-0.3, -0.25) is 14.9 Å². The topological polar surface area (TPSA) is 81.5 Å². The number of carbonyl (C=O) groups excluding carboxylic acids is 1. The van der Waals surface area contributed by atoms with Gasteiger partial charge in [0.1, 0.15) is 5.75 Å². The first-order chi connectivity index (χ1) is 11.8. The summed E-state index contributed by atoms with van der Waals surface area (Å²) < 4.78 is 3.47. The molecule has 2 aromatic carbocycles. The summed E-state index contributed by atoms with van der Waals surface area (Å²) in [6.45, 7) is 0. The summed E-state index contributed by atoms with van der Waals surface area (Å²) in [4.78, 5) is 22.4. The van der Waals surface area contributed by atoms with Crippen LogP contribution in [0.3, 0.4) is 0 Å². The van der Waals surface area contributed by atoms with Crippen LogP contribution in [-0.4, -0.2) is 20.9 Å². The van der Waals surface area contributed by atoms with Crippen LogP contribution in [0, 0.1) is 10.1 Å². The third-order valence-electron chi connectivity index (χ3n) is 3.08. The summed E-state index contributed by atoms with van der Waals surface area (Å²) in [7, 11) is 0. The van der Waals surface area contributed by atoms with Crippen molar-refractivity contribution in [3.05, 3.63) is 70.3 Å². The van der Waals surface area contributed by atoms with E-state index < -0.39 is 20.9 Å². The van der Waals surface area contributed by atoms with Crippen molar-refractivity contribution in [1.29, 1.82) is 0 Å². The third kappa shape index (κ3) is 6.08. The second-order valence-corrected chi connectivity index (χ2v) is 7.39. The summed E-state index contributed by atoms with van der Waals surface area (Å²) >= 11 is 17.6. The number of hydrogen-bond acceptors (Lipinski definition) is 4. The maximum absolute atomic E-state index is 12.2. The van der Waals surface area contributed by atoms with Crippen LogP contribution < -0.4 is 10.1 Å². The fourth-order valence-corrected chi connectivity index (χ4v) is 2.26. The quantitative estimate of drug-likeness (QED) is 0.342. The van der Waals surface area contributed by atoms with Gasteiger partial charge in [-0.1, -0.05) is 71.2 Å². The first-order valence-corrected chi connectivity index (χ1v) is 8.20. The highest BCUT2D eigenvalue weighted by Crippen LogP contribution is 2.32. The Morgan fingerprint density at radius 2 is 1.84 bits per heavy atom. The molecule has 0 aliphatic rings. The predicted octanol–water partition coefficient (Wildman–Crippen LogP) is 4.03. The molecule has 6 nitrogen and oxygen atoms in total. The number of carbonyl (C=O) groups is 1. The van der Waals surface area contributed by atoms with E-state index in [-0.39, 0.29) is 17.9 Å². The van der Waals surface area contributed by atoms with Gasteiger partial charge in [0.15, 0.2) is 0 Å². The maximum Gasteiger partial charge on any atom is 0.273 e. The zero-order valence-electron chi connectivity index (χ0n) is 12.7. The molecule has 1 atom stereocenters. The number of nitro groups is 1. The zero-order valence-corrected chi connectivity index (χ0v) is 15.0. The Morgan fingerprint density at radius 1 is 1.16 bits per heavy atom. The summed E-state index contributed by atoms with van der Waals surface area (Å²) in [6.07, 6.45) is -1.26. The molecule has 1 N–H and O–H groups in total. The van der Waals surface area contributed by atoms with Crippen molar-refractivity contribution in [3.8, 4) is 5.75 Å². The zero-order chi connectivity index (χ0) is 18.4. The van der Waals surface area contributed by atoms with E-state index in [1.54, 1.807) is 24.3 Å². The fourth-order valence-electron chi connectivity index (χ4n) is 1.96. The molecule has 0 fully saturated rings. The van der Waals surface area contributed by atoms with Gasteiger partial charge in [0.25, 0.3) is 5.69 Å². The van der Waals surface area contributed by atoms with Crippen molar-refractivity contribution in [1.82, 2.24) is 5.32 Å². The maximum atomic E-state index is 12.2. The summed E-state index contributed by atoms with van der Waals surface area (Å²) in [5, 5.41) is 13.3. The van der Waals surface area contributed by atoms with Crippen LogP contribution in [0.25, 0.3) is 0 Å². The van der Waals surface area contributed by atoms with Crippen molar-refractivity contribution >= 4 is 46.4 Å². The standard InChI is InChI=1S/C16H13Cl3N2O4/c17-16(18,19)15(20-14(22)9-11-5-2-1-3-6-11)25-13-8-4-7-12(10-13)21(23)24/h1-8,10,15H,9H2,(H,20,22)/t15-/m0/s1. The van der Waals surface area contributed by atoms with Crippen LogP contribution in [-0.2, 0) is 11.2 Å². The minimum Gasteiger partial charge on any atom is -0.466 e. The Labute approximate surface area is 158 Å². The first kappa shape index (κ1) is 19.3. The summed E-state index contributed by atoms with van der Waals surface area (Å²) in [6, 6.07) is 14.4. The van der Waals surface area contributed by atoms with Crippen molar-refractivity contribution in [2.45, 2.75) is 16.4 Å². The molecule has 0 aromatic heterocycles. The number of nitro benzene ring substituents is 1. The van der Waals surface area contributed by atoms with Gasteiger partial charge in [-0.05, 0) is 11.6 Å². The summed E-state index contributed by atoms with van der Waals surface area (Å²) in [5.74, 6) is -0.335. The van der Waals surface area contributed by atoms with Crippen molar-refractivity contribution < 1.29 is 14.5 Å². The van der Waals surface area contributed by atoms with Crippen LogP contribution in [0.2, 0.25) is 0 Å². The number of rotatable bonds is 6. The molecule has 0 unspecified atom stereocenters. The molecule has 2 aromatic rings. The SMILES string of the molecule is O=C(Cc1ccccc1)N[C@@H](Oc1cccc([N+](=O)[O-])c1)C(Cl)(Cl)Cl. The lowest BCUT2D eigenvalue weighted by atomic mass is 10.1. The molecule has 0 saturated heterocycles. The average molecular weight is 404 g/mol. The molecule has 0 bridgehead atoms. The van der Waals surface area contributed by atoms with E-state index in [2.05, 4.69) is 5.32 Å². The Hall–Kier alpha value is -2.02. The molecule has 0 heterocycles. The van der Waals surface area contributed by atoms with Crippen LogP contribution in [0.1, 0.15) is 5.56 Å². The molecule has 0 aliphatic carbocycles. The molecular formula is C16H13Cl3N2O4. The Bertz CT molecular complexity index is 751. The average Bonchev–Trinajstić information content (AvgIpc) is 2.54. The van der Waals surface area contributed by atoms with Crippen molar-refractivity contribution in [2.75, 3.05) is 0 Å². The lowest BCUT2D eigenvalue weighted by molar-refractivity contribution is -0.384. The lowest BCUT2D eigenvalue weighted by Gasteiger charge is -2.26. The number of benzene rings is 2. The van der Waals surface area contributed by atoms with E-state index >= 15 is 0 Å². The molecule has 2 rings (SSSR count). The molecular weight excluding hydrogens is 391 g/mol. The van der Waals surface area contributed by atoms with Gasteiger partial charge < -0.3 is 10.1 Å². The highest BCUT2D eigenvalue weighted by Gasteiger charge is 2.36. The van der Waals surface area contributed by atoms with Crippen LogP contribution in [0.15, 0.2) is 54.6 Å². The molecule has 25 heavy (non-hydrogen) atoms. The van der Waals surface area contributed by atoms with E-state index in [0.717, 1.165) is 5.56 Å². The Balaban J connectivity index is 2.10. The van der Waals surface area contributed by atoms with Crippen molar-refractivity contribution in [3.63, 3.8) is 0 Å². The predicted molar refractivity (Wildman–Crippen MR) is 96.1 cm³/mol. The highest BCUT2D eigenvalue weighted by atomic mass is 35.6. The number of nitrogens with zero attached hydrogens (tertiary/aromatic N) is 1. The molecule has 0 saturated carbocycles. The number of alkyl halides is 3. The fraction of sp³-hybridized carbons (Fsp3) is 0.188. The van der Waals surface area contributed by atoms with E-state index in [1.165, 1.54) is 24.3 Å². The third-order valence-corrected chi connectivity index (χ3v) is 3.67. The smallest absolute Gasteiger partial charge is 0.273 e. The van der Waals surface area contributed by atoms with Gasteiger partial charge in [0, 0.05) is 6.07 Å². The molecule has 0 radical (unpaired) electrons. The number of amides is 1. The Morgan fingerprint density at radius 3 is 2.44 bits per heavy atom. The lowest BCUT2D eigenvalue weighted by Crippen LogP contribution is -2.48. The minimum absolute atomic E-state index is 0.0659. The second kappa shape index (κ2) is 8.38. The molecule has 132 valence electrons. The van der Waals surface area contributed by atoms with E-state index in [9.17, 15) is 14.9 Å². The number of hydrogen-bond donors (Lipinski definition) is 1. The van der Waals surface area contributed by atoms with Gasteiger partial charge in [0.05, 0.1) is 17.4 Å². The van der Waals surface area contributed by atoms with Gasteiger partial charge in [-0.15, -0.1) is 0 Å². The number of nitrogens with one attached hydrogen (secondary N) is 1. The number of non-ortho nitro benzene ring substituents is 1. The number of ether oxygens (including phenoxy) is 1. The van der Waals surface area contributed by atoms with E-state index in [0.29, 0.717) is 0 Å². The molecule has 1 amide bonds. The van der Waals surface area contributed by atoms with E-state index in [1.807, 2.05) is 6.07 Å². The Kier molecular flexibility index (Phi) is 6.47. The van der Waals surface area contributed by atoms with Crippen molar-refractivity contribution in [2.24, 2.45) is 0 Å². The van der Waals surface area contributed by atoms with Crippen LogP contribution in [0.4, 0.5) is 5.69 Å². The van der Waals surface area contributed by atoms with Gasteiger partial charge in [-0.2, -0.15) is 0 Å². The van der Waals surface area contributed by atoms with Gasteiger partial charge >= 0.3 is 0 Å². The molecule has 0 aliphatic heterocycles. The minimum atomic E-state index is -1.98. The second-order valence-electron chi connectivity index (χ2n) is 5.02. The highest BCUT2D eigenvalue weighted by molar-refractivity contribution is 6.68. The largest absolute Gasteiger partial charge is 0.466 e. The van der Waals surface area contributed by atoms with Crippen LogP contribution >= 0.6 is 34.8 Å². The number of halogens is 3. The first-order valence-electron chi connectivity index (χ1n) is 7.07. The van der Waals surface area contributed by atoms with Crippen LogP contribution in [0.5, 0.6) is 5.75 Å². The molecule has 9 heteroatoms. The summed E-state index contributed by atoms with van der Waals surface area (Å²) in [5.41, 5.74) is 0.592. The monoisotopic (exact) mass is 402 g/mol. The van der Waals surface area contributed by atoms with E-state index in [4.69, 9.17) is 39.5 Å². The normalized spacial score (nSPS) is 12.3. The van der Waals surface area contributed by atoms with Gasteiger partial charge in [0.2, 0.25) is 15.9 Å².